The zero-order chi connectivity index (χ0) is 26.0. The highest BCUT2D eigenvalue weighted by atomic mass is 16.4. The molecule has 0 bridgehead atoms. The molecule has 0 heterocycles. The number of aliphatic carboxylic acids is 1. The lowest BCUT2D eigenvalue weighted by Gasteiger charge is -2.72. The third kappa shape index (κ3) is 2.90. The van der Waals surface area contributed by atoms with Gasteiger partial charge in [0, 0.05) is 5.92 Å². The van der Waals surface area contributed by atoms with E-state index >= 15 is 0 Å². The van der Waals surface area contributed by atoms with Crippen molar-refractivity contribution < 1.29 is 25.2 Å². The van der Waals surface area contributed by atoms with Crippen molar-refractivity contribution in [1.82, 2.24) is 0 Å². The maximum atomic E-state index is 12.8. The zero-order valence-corrected chi connectivity index (χ0v) is 22.9. The number of hydrogen-bond donors (Lipinski definition) is 4. The number of fused-ring (bicyclic) bond motifs is 7. The second-order valence-corrected chi connectivity index (χ2v) is 14.9. The molecule has 0 aromatic carbocycles. The summed E-state index contributed by atoms with van der Waals surface area (Å²) >= 11 is 0. The number of hydrogen-bond acceptors (Lipinski definition) is 4. The van der Waals surface area contributed by atoms with E-state index in [4.69, 9.17) is 0 Å². The Morgan fingerprint density at radius 3 is 2.23 bits per heavy atom. The molecule has 0 aromatic rings. The van der Waals surface area contributed by atoms with Gasteiger partial charge in [-0.05, 0) is 97.7 Å². The Labute approximate surface area is 211 Å². The highest BCUT2D eigenvalue weighted by Gasteiger charge is 2.71. The molecule has 0 spiro atoms. The van der Waals surface area contributed by atoms with Crippen molar-refractivity contribution in [3.8, 4) is 0 Å². The lowest BCUT2D eigenvalue weighted by Crippen LogP contribution is -2.68. The Hall–Kier alpha value is -0.910. The minimum Gasteiger partial charge on any atom is -0.481 e. The fourth-order valence-electron chi connectivity index (χ4n) is 11.0. The molecule has 0 amide bonds. The van der Waals surface area contributed by atoms with E-state index in [9.17, 15) is 25.2 Å². The van der Waals surface area contributed by atoms with Crippen molar-refractivity contribution >= 4 is 5.97 Å². The summed E-state index contributed by atoms with van der Waals surface area (Å²) < 4.78 is 0. The molecule has 5 aliphatic carbocycles. The van der Waals surface area contributed by atoms with Crippen molar-refractivity contribution in [2.45, 2.75) is 118 Å². The summed E-state index contributed by atoms with van der Waals surface area (Å²) in [6.07, 6.45) is 7.21. The number of aliphatic hydroxyl groups excluding tert-OH is 2. The van der Waals surface area contributed by atoms with Gasteiger partial charge in [-0.25, -0.2) is 0 Å². The molecule has 0 aliphatic heterocycles. The van der Waals surface area contributed by atoms with Crippen molar-refractivity contribution in [3.05, 3.63) is 11.6 Å². The summed E-state index contributed by atoms with van der Waals surface area (Å²) in [7, 11) is 0. The van der Waals surface area contributed by atoms with Gasteiger partial charge in [0.2, 0.25) is 0 Å². The fourth-order valence-corrected chi connectivity index (χ4v) is 11.0. The molecule has 35 heavy (non-hydrogen) atoms. The quantitative estimate of drug-likeness (QED) is 0.382. The molecule has 198 valence electrons. The normalized spacial score (nSPS) is 57.1. The van der Waals surface area contributed by atoms with Crippen molar-refractivity contribution in [2.75, 3.05) is 0 Å². The molecule has 5 aliphatic rings. The number of carboxylic acid groups (broad SMARTS) is 1. The third-order valence-electron chi connectivity index (χ3n) is 13.4. The zero-order valence-electron chi connectivity index (χ0n) is 22.9. The predicted molar refractivity (Wildman–Crippen MR) is 135 cm³/mol. The molecule has 4 saturated carbocycles. The molecule has 5 heteroatoms. The molecule has 7 unspecified atom stereocenters. The fraction of sp³-hybridized carbons (Fsp3) is 0.900. The number of allylic oxidation sites excluding steroid dienone is 1. The summed E-state index contributed by atoms with van der Waals surface area (Å²) in [6.45, 7) is 15.3. The van der Waals surface area contributed by atoms with Gasteiger partial charge in [0.15, 0.2) is 0 Å². The van der Waals surface area contributed by atoms with Crippen LogP contribution in [0.2, 0.25) is 0 Å². The Morgan fingerprint density at radius 2 is 1.60 bits per heavy atom. The van der Waals surface area contributed by atoms with E-state index in [0.29, 0.717) is 31.1 Å². The number of aliphatic hydroxyl groups is 3. The lowest BCUT2D eigenvalue weighted by molar-refractivity contribution is -0.237. The third-order valence-corrected chi connectivity index (χ3v) is 13.4. The van der Waals surface area contributed by atoms with Crippen LogP contribution in [0.3, 0.4) is 0 Å². The summed E-state index contributed by atoms with van der Waals surface area (Å²) in [4.78, 5) is 12.8. The van der Waals surface area contributed by atoms with Crippen LogP contribution in [0, 0.1) is 50.7 Å². The Balaban J connectivity index is 1.65. The first-order valence-corrected chi connectivity index (χ1v) is 14.0. The van der Waals surface area contributed by atoms with Gasteiger partial charge >= 0.3 is 5.97 Å². The molecule has 4 fully saturated rings. The van der Waals surface area contributed by atoms with E-state index in [0.717, 1.165) is 32.1 Å². The van der Waals surface area contributed by atoms with E-state index in [1.165, 1.54) is 5.57 Å². The second kappa shape index (κ2) is 7.35. The highest BCUT2D eigenvalue weighted by molar-refractivity contribution is 5.77. The van der Waals surface area contributed by atoms with Crippen molar-refractivity contribution in [1.29, 1.82) is 0 Å². The first-order chi connectivity index (χ1) is 16.0. The van der Waals surface area contributed by atoms with Crippen LogP contribution in [0.15, 0.2) is 11.6 Å². The smallest absolute Gasteiger partial charge is 0.310 e. The van der Waals surface area contributed by atoms with E-state index < -0.39 is 29.2 Å². The first kappa shape index (κ1) is 25.7. The molecular formula is C30H48O5. The number of carboxylic acids is 1. The Kier molecular flexibility index (Phi) is 5.40. The molecule has 0 aromatic heterocycles. The highest BCUT2D eigenvalue weighted by Crippen LogP contribution is 2.76. The van der Waals surface area contributed by atoms with Crippen molar-refractivity contribution in [3.63, 3.8) is 0 Å². The summed E-state index contributed by atoms with van der Waals surface area (Å²) in [5.74, 6) is -0.394. The number of carbonyl (C=O) groups is 1. The van der Waals surface area contributed by atoms with Crippen LogP contribution in [0.5, 0.6) is 0 Å². The monoisotopic (exact) mass is 488 g/mol. The van der Waals surface area contributed by atoms with Crippen LogP contribution in [0.25, 0.3) is 0 Å². The SMILES string of the molecule is CC1CCC2(C(=O)O)CCC3(C)C(=CCC4[C@@]5(C)CC(O)[C@H](O)C(C)(C)C5CC[C@]43C)[C@@H]2C1(C)O. The van der Waals surface area contributed by atoms with Crippen LogP contribution in [0.1, 0.15) is 99.8 Å². The Morgan fingerprint density at radius 1 is 0.943 bits per heavy atom. The van der Waals surface area contributed by atoms with Gasteiger partial charge in [0.05, 0.1) is 23.2 Å². The minimum absolute atomic E-state index is 0.0535. The van der Waals surface area contributed by atoms with Crippen LogP contribution < -0.4 is 0 Å². The maximum absolute atomic E-state index is 12.8. The average Bonchev–Trinajstić information content (AvgIpc) is 2.75. The molecule has 0 radical (unpaired) electrons. The van der Waals surface area contributed by atoms with Crippen LogP contribution in [-0.2, 0) is 4.79 Å². The topological polar surface area (TPSA) is 98.0 Å². The van der Waals surface area contributed by atoms with Gasteiger partial charge in [0.25, 0.3) is 0 Å². The second-order valence-electron chi connectivity index (χ2n) is 14.9. The van der Waals surface area contributed by atoms with Crippen molar-refractivity contribution in [2.24, 2.45) is 50.7 Å². The van der Waals surface area contributed by atoms with Crippen LogP contribution in [-0.4, -0.2) is 44.2 Å². The van der Waals surface area contributed by atoms with E-state index in [2.05, 4.69) is 47.6 Å². The molecule has 5 rings (SSSR count). The summed E-state index contributed by atoms with van der Waals surface area (Å²) in [6, 6.07) is 0. The molecule has 5 nitrogen and oxygen atoms in total. The molecule has 0 saturated heterocycles. The van der Waals surface area contributed by atoms with Gasteiger partial charge in [-0.1, -0.05) is 53.2 Å². The lowest BCUT2D eigenvalue weighted by atomic mass is 9.33. The summed E-state index contributed by atoms with van der Waals surface area (Å²) in [5, 5.41) is 44.3. The van der Waals surface area contributed by atoms with Gasteiger partial charge in [-0.15, -0.1) is 0 Å². The minimum atomic E-state index is -1.05. The summed E-state index contributed by atoms with van der Waals surface area (Å²) in [5.41, 5.74) is -1.46. The average molecular weight is 489 g/mol. The maximum Gasteiger partial charge on any atom is 0.310 e. The van der Waals surface area contributed by atoms with Gasteiger partial charge in [-0.3, -0.25) is 4.79 Å². The standard InChI is InChI=1S/C30H48O5/c1-17-10-13-30(24(33)34)15-14-27(5)18(22(30)29(17,7)35)8-9-21-26(4)16-19(31)23(32)25(2,3)20(26)11-12-28(21,27)6/h8,17,19-23,31-32,35H,9-16H2,1-7H3,(H,33,34)/t17?,19?,20?,21?,22-,23+,26+,27?,28-,29?,30?/m1/s1. The van der Waals surface area contributed by atoms with Crippen LogP contribution in [0.4, 0.5) is 0 Å². The predicted octanol–water partition coefficient (Wildman–Crippen LogP) is 5.18. The van der Waals surface area contributed by atoms with E-state index in [1.54, 1.807) is 0 Å². The number of rotatable bonds is 1. The van der Waals surface area contributed by atoms with Crippen LogP contribution >= 0.6 is 0 Å². The van der Waals surface area contributed by atoms with E-state index in [-0.39, 0.29) is 33.5 Å². The Bertz CT molecular complexity index is 952. The van der Waals surface area contributed by atoms with Gasteiger partial charge in [0.1, 0.15) is 0 Å². The largest absolute Gasteiger partial charge is 0.481 e. The van der Waals surface area contributed by atoms with Gasteiger partial charge in [-0.2, -0.15) is 0 Å². The molecular weight excluding hydrogens is 440 g/mol. The molecule has 4 N–H and O–H groups in total. The van der Waals surface area contributed by atoms with E-state index in [1.807, 2.05) is 6.92 Å². The molecule has 11 atom stereocenters. The van der Waals surface area contributed by atoms with Gasteiger partial charge < -0.3 is 20.4 Å². The first-order valence-electron chi connectivity index (χ1n) is 14.0.